The van der Waals surface area contributed by atoms with E-state index in [-0.39, 0.29) is 31.2 Å². The number of nitrogens with zero attached hydrogens (tertiary/aromatic N) is 1. The molecule has 0 spiro atoms. The predicted molar refractivity (Wildman–Crippen MR) is 81.2 cm³/mol. The summed E-state index contributed by atoms with van der Waals surface area (Å²) in [7, 11) is -3.70. The molecule has 0 saturated carbocycles. The zero-order valence-electron chi connectivity index (χ0n) is 12.7. The van der Waals surface area contributed by atoms with Crippen LogP contribution in [0.25, 0.3) is 0 Å². The lowest BCUT2D eigenvalue weighted by atomic mass is 10.0. The van der Waals surface area contributed by atoms with E-state index >= 15 is 0 Å². The molecule has 0 bridgehead atoms. The first kappa shape index (κ1) is 16.9. The average molecular weight is 327 g/mol. The van der Waals surface area contributed by atoms with Crippen LogP contribution in [-0.2, 0) is 19.6 Å². The van der Waals surface area contributed by atoms with E-state index in [1.165, 1.54) is 4.31 Å². The molecule has 1 atom stereocenters. The Bertz CT molecular complexity index is 624. The number of carbonyl (C=O) groups is 1. The van der Waals surface area contributed by atoms with Gasteiger partial charge in [0.1, 0.15) is 0 Å². The van der Waals surface area contributed by atoms with E-state index in [1.807, 2.05) is 13.8 Å². The molecule has 0 aromatic heterocycles. The molecule has 1 N–H and O–H groups in total. The Kier molecular flexibility index (Phi) is 5.20. The Labute approximate surface area is 130 Å². The molecular weight excluding hydrogens is 306 g/mol. The first-order valence-electron chi connectivity index (χ1n) is 7.23. The molecule has 0 aliphatic carbocycles. The van der Waals surface area contributed by atoms with Crippen LogP contribution in [0, 0.1) is 5.92 Å². The predicted octanol–water partition coefficient (Wildman–Crippen LogP) is 1.53. The van der Waals surface area contributed by atoms with Gasteiger partial charge in [0.2, 0.25) is 10.0 Å². The van der Waals surface area contributed by atoms with Gasteiger partial charge in [0.15, 0.2) is 0 Å². The second-order valence-electron chi connectivity index (χ2n) is 5.70. The van der Waals surface area contributed by atoms with Gasteiger partial charge in [-0.05, 0) is 23.6 Å². The molecule has 1 aliphatic rings. The number of hydrogen-bond acceptors (Lipinski definition) is 4. The third-order valence-electron chi connectivity index (χ3n) is 3.76. The smallest absolute Gasteiger partial charge is 0.310 e. The summed E-state index contributed by atoms with van der Waals surface area (Å²) in [6, 6.07) is 6.74. The number of hydrogen-bond donors (Lipinski definition) is 1. The SMILES string of the molecule is CC(C)c1ccc(S(=O)(=O)N2CCOCC(C(=O)O)C2)cc1. The van der Waals surface area contributed by atoms with Gasteiger partial charge in [-0.25, -0.2) is 8.42 Å². The summed E-state index contributed by atoms with van der Waals surface area (Å²) in [4.78, 5) is 11.3. The van der Waals surface area contributed by atoms with E-state index < -0.39 is 21.9 Å². The zero-order chi connectivity index (χ0) is 16.3. The molecule has 122 valence electrons. The Hall–Kier alpha value is -1.44. The average Bonchev–Trinajstić information content (AvgIpc) is 2.73. The second-order valence-corrected chi connectivity index (χ2v) is 7.63. The molecule has 6 nitrogen and oxygen atoms in total. The molecule has 1 fully saturated rings. The topological polar surface area (TPSA) is 83.9 Å². The third-order valence-corrected chi connectivity index (χ3v) is 5.64. The van der Waals surface area contributed by atoms with Crippen LogP contribution in [0.4, 0.5) is 0 Å². The molecule has 1 heterocycles. The number of carboxylic acids is 1. The van der Waals surface area contributed by atoms with Crippen LogP contribution in [0.2, 0.25) is 0 Å². The largest absolute Gasteiger partial charge is 0.481 e. The van der Waals surface area contributed by atoms with Crippen molar-refractivity contribution in [3.8, 4) is 0 Å². The summed E-state index contributed by atoms with van der Waals surface area (Å²) >= 11 is 0. The van der Waals surface area contributed by atoms with Gasteiger partial charge in [0, 0.05) is 13.1 Å². The zero-order valence-corrected chi connectivity index (χ0v) is 13.5. The molecule has 1 aromatic carbocycles. The van der Waals surface area contributed by atoms with Crippen molar-refractivity contribution >= 4 is 16.0 Å². The molecule has 7 heteroatoms. The monoisotopic (exact) mass is 327 g/mol. The number of sulfonamides is 1. The minimum absolute atomic E-state index is 0.0354. The Morgan fingerprint density at radius 1 is 1.32 bits per heavy atom. The van der Waals surface area contributed by atoms with Crippen molar-refractivity contribution in [3.63, 3.8) is 0 Å². The highest BCUT2D eigenvalue weighted by atomic mass is 32.2. The van der Waals surface area contributed by atoms with Crippen LogP contribution < -0.4 is 0 Å². The van der Waals surface area contributed by atoms with E-state index in [0.29, 0.717) is 5.92 Å². The summed E-state index contributed by atoms with van der Waals surface area (Å²) in [5.41, 5.74) is 1.06. The molecule has 1 aromatic rings. The minimum Gasteiger partial charge on any atom is -0.481 e. The highest BCUT2D eigenvalue weighted by Crippen LogP contribution is 2.22. The van der Waals surface area contributed by atoms with Gasteiger partial charge in [0.25, 0.3) is 0 Å². The third kappa shape index (κ3) is 3.66. The molecule has 2 rings (SSSR count). The fourth-order valence-electron chi connectivity index (χ4n) is 2.32. The van der Waals surface area contributed by atoms with Crippen molar-refractivity contribution in [2.45, 2.75) is 24.7 Å². The molecule has 1 saturated heterocycles. The van der Waals surface area contributed by atoms with Crippen LogP contribution >= 0.6 is 0 Å². The van der Waals surface area contributed by atoms with Gasteiger partial charge in [-0.15, -0.1) is 0 Å². The van der Waals surface area contributed by atoms with Gasteiger partial charge in [0.05, 0.1) is 24.0 Å². The highest BCUT2D eigenvalue weighted by Gasteiger charge is 2.32. The lowest BCUT2D eigenvalue weighted by Crippen LogP contribution is -2.38. The van der Waals surface area contributed by atoms with E-state index in [2.05, 4.69) is 0 Å². The number of rotatable bonds is 4. The maximum absolute atomic E-state index is 12.7. The molecular formula is C15H21NO5S. The quantitative estimate of drug-likeness (QED) is 0.907. The molecule has 22 heavy (non-hydrogen) atoms. The van der Waals surface area contributed by atoms with Crippen molar-refractivity contribution < 1.29 is 23.1 Å². The Morgan fingerprint density at radius 3 is 2.50 bits per heavy atom. The van der Waals surface area contributed by atoms with E-state index in [0.717, 1.165) is 5.56 Å². The maximum atomic E-state index is 12.7. The van der Waals surface area contributed by atoms with Crippen LogP contribution in [0.1, 0.15) is 25.3 Å². The van der Waals surface area contributed by atoms with E-state index in [1.54, 1.807) is 24.3 Å². The van der Waals surface area contributed by atoms with Crippen molar-refractivity contribution in [2.24, 2.45) is 5.92 Å². The summed E-state index contributed by atoms with van der Waals surface area (Å²) in [6.07, 6.45) is 0. The normalized spacial score (nSPS) is 20.8. The van der Waals surface area contributed by atoms with Crippen molar-refractivity contribution in [3.05, 3.63) is 29.8 Å². The first-order chi connectivity index (χ1) is 10.3. The molecule has 0 radical (unpaired) electrons. The summed E-state index contributed by atoms with van der Waals surface area (Å²) in [6.45, 7) is 4.41. The number of carboxylic acid groups (broad SMARTS) is 1. The fourth-order valence-corrected chi connectivity index (χ4v) is 3.79. The molecule has 0 amide bonds. The standard InChI is InChI=1S/C15H21NO5S/c1-11(2)12-3-5-14(6-4-12)22(19,20)16-7-8-21-10-13(9-16)15(17)18/h3-6,11,13H,7-10H2,1-2H3,(H,17,18). The Morgan fingerprint density at radius 2 is 1.95 bits per heavy atom. The first-order valence-corrected chi connectivity index (χ1v) is 8.67. The molecule has 1 aliphatic heterocycles. The van der Waals surface area contributed by atoms with Gasteiger partial charge in [-0.2, -0.15) is 4.31 Å². The van der Waals surface area contributed by atoms with Crippen molar-refractivity contribution in [1.29, 1.82) is 0 Å². The van der Waals surface area contributed by atoms with Gasteiger partial charge in [-0.1, -0.05) is 26.0 Å². The second kappa shape index (κ2) is 6.76. The van der Waals surface area contributed by atoms with Crippen molar-refractivity contribution in [2.75, 3.05) is 26.3 Å². The van der Waals surface area contributed by atoms with Crippen LogP contribution in [-0.4, -0.2) is 50.1 Å². The van der Waals surface area contributed by atoms with Gasteiger partial charge >= 0.3 is 5.97 Å². The molecule has 1 unspecified atom stereocenters. The summed E-state index contributed by atoms with van der Waals surface area (Å²) in [5, 5.41) is 9.11. The highest BCUT2D eigenvalue weighted by molar-refractivity contribution is 7.89. The van der Waals surface area contributed by atoms with Gasteiger partial charge < -0.3 is 9.84 Å². The van der Waals surface area contributed by atoms with E-state index in [9.17, 15) is 13.2 Å². The van der Waals surface area contributed by atoms with Crippen molar-refractivity contribution in [1.82, 2.24) is 4.31 Å². The number of ether oxygens (including phenoxy) is 1. The Balaban J connectivity index is 2.26. The van der Waals surface area contributed by atoms with E-state index in [4.69, 9.17) is 9.84 Å². The van der Waals surface area contributed by atoms with Crippen LogP contribution in [0.15, 0.2) is 29.2 Å². The lowest BCUT2D eigenvalue weighted by Gasteiger charge is -2.21. The lowest BCUT2D eigenvalue weighted by molar-refractivity contribution is -0.143. The summed E-state index contributed by atoms with van der Waals surface area (Å²) < 4.78 is 31.7. The summed E-state index contributed by atoms with van der Waals surface area (Å²) in [5.74, 6) is -1.57. The van der Waals surface area contributed by atoms with Gasteiger partial charge in [-0.3, -0.25) is 4.79 Å². The maximum Gasteiger partial charge on any atom is 0.310 e. The fraction of sp³-hybridized carbons (Fsp3) is 0.533. The van der Waals surface area contributed by atoms with Crippen LogP contribution in [0.5, 0.6) is 0 Å². The number of benzene rings is 1. The number of aliphatic carboxylic acids is 1. The minimum atomic E-state index is -3.70. The van der Waals surface area contributed by atoms with Crippen LogP contribution in [0.3, 0.4) is 0 Å².